The molecule has 20 heavy (non-hydrogen) atoms. The minimum atomic E-state index is 0.142. The quantitative estimate of drug-likeness (QED) is 0.602. The number of nitrogens with two attached hydrogens (primary N) is 1. The van der Waals surface area contributed by atoms with E-state index in [0.717, 1.165) is 31.5 Å². The molecular formula is C16H24N4. The number of hydrogen-bond donors (Lipinski definition) is 2. The lowest BCUT2D eigenvalue weighted by Gasteiger charge is -2.17. The molecule has 1 atom stereocenters. The predicted octanol–water partition coefficient (Wildman–Crippen LogP) is 2.60. The molecule has 4 nitrogen and oxygen atoms in total. The Balaban J connectivity index is 2.09. The third-order valence-electron chi connectivity index (χ3n) is 3.65. The Hall–Kier alpha value is -1.65. The maximum atomic E-state index is 5.75. The van der Waals surface area contributed by atoms with Gasteiger partial charge in [-0.15, -0.1) is 0 Å². The molecule has 3 N–H and O–H groups in total. The number of hydrazine groups is 1. The lowest BCUT2D eigenvalue weighted by molar-refractivity contribution is 0.466. The first-order valence-corrected chi connectivity index (χ1v) is 7.35. The van der Waals surface area contributed by atoms with Crippen molar-refractivity contribution < 1.29 is 0 Å². The minimum absolute atomic E-state index is 0.142. The lowest BCUT2D eigenvalue weighted by atomic mass is 10.0. The van der Waals surface area contributed by atoms with Crippen LogP contribution in [0.5, 0.6) is 0 Å². The van der Waals surface area contributed by atoms with Gasteiger partial charge in [0.1, 0.15) is 0 Å². The molecule has 0 aliphatic carbocycles. The smallest absolute Gasteiger partial charge is 0.0632 e. The molecule has 1 unspecified atom stereocenters. The topological polar surface area (TPSA) is 55.9 Å². The van der Waals surface area contributed by atoms with Crippen molar-refractivity contribution in [2.45, 2.75) is 45.7 Å². The van der Waals surface area contributed by atoms with E-state index in [1.165, 1.54) is 11.3 Å². The maximum absolute atomic E-state index is 5.75. The van der Waals surface area contributed by atoms with Crippen molar-refractivity contribution in [2.75, 3.05) is 0 Å². The SMILES string of the molecule is CCc1cc(C(CCc2ccccc2)NN)n(CC)n1. The summed E-state index contributed by atoms with van der Waals surface area (Å²) in [5.74, 6) is 5.75. The van der Waals surface area contributed by atoms with Gasteiger partial charge in [0.25, 0.3) is 0 Å². The Kier molecular flexibility index (Phi) is 5.32. The van der Waals surface area contributed by atoms with Crippen LogP contribution < -0.4 is 11.3 Å². The largest absolute Gasteiger partial charge is 0.271 e. The van der Waals surface area contributed by atoms with Crippen LogP contribution in [-0.2, 0) is 19.4 Å². The van der Waals surface area contributed by atoms with E-state index in [1.54, 1.807) is 0 Å². The van der Waals surface area contributed by atoms with Gasteiger partial charge in [-0.2, -0.15) is 5.10 Å². The van der Waals surface area contributed by atoms with Gasteiger partial charge in [0.05, 0.1) is 17.4 Å². The molecule has 0 saturated carbocycles. The van der Waals surface area contributed by atoms with Gasteiger partial charge in [0.2, 0.25) is 0 Å². The van der Waals surface area contributed by atoms with Crippen LogP contribution in [0.3, 0.4) is 0 Å². The highest BCUT2D eigenvalue weighted by Crippen LogP contribution is 2.20. The number of nitrogens with zero attached hydrogens (tertiary/aromatic N) is 2. The van der Waals surface area contributed by atoms with Crippen LogP contribution in [0.2, 0.25) is 0 Å². The van der Waals surface area contributed by atoms with Gasteiger partial charge in [0, 0.05) is 6.54 Å². The summed E-state index contributed by atoms with van der Waals surface area (Å²) < 4.78 is 2.05. The van der Waals surface area contributed by atoms with E-state index in [9.17, 15) is 0 Å². The van der Waals surface area contributed by atoms with Crippen LogP contribution in [0.25, 0.3) is 0 Å². The normalized spacial score (nSPS) is 12.6. The molecule has 1 heterocycles. The zero-order valence-corrected chi connectivity index (χ0v) is 12.3. The Labute approximate surface area is 121 Å². The molecule has 1 aromatic heterocycles. The molecule has 0 radical (unpaired) electrons. The number of benzene rings is 1. The number of hydrogen-bond acceptors (Lipinski definition) is 3. The van der Waals surface area contributed by atoms with Crippen LogP contribution in [-0.4, -0.2) is 9.78 Å². The Morgan fingerprint density at radius 1 is 1.25 bits per heavy atom. The van der Waals surface area contributed by atoms with Crippen LogP contribution in [0.15, 0.2) is 36.4 Å². The van der Waals surface area contributed by atoms with Crippen molar-refractivity contribution in [1.29, 1.82) is 0 Å². The fraction of sp³-hybridized carbons (Fsp3) is 0.438. The number of nitrogens with one attached hydrogen (secondary N) is 1. The second-order valence-corrected chi connectivity index (χ2v) is 4.97. The van der Waals surface area contributed by atoms with E-state index < -0.39 is 0 Å². The van der Waals surface area contributed by atoms with Gasteiger partial charge in [-0.1, -0.05) is 37.3 Å². The average molecular weight is 272 g/mol. The van der Waals surface area contributed by atoms with Crippen LogP contribution in [0.4, 0.5) is 0 Å². The van der Waals surface area contributed by atoms with E-state index >= 15 is 0 Å². The van der Waals surface area contributed by atoms with Gasteiger partial charge in [-0.05, 0) is 37.8 Å². The van der Waals surface area contributed by atoms with Gasteiger partial charge in [-0.25, -0.2) is 0 Å². The third-order valence-corrected chi connectivity index (χ3v) is 3.65. The molecule has 2 rings (SSSR count). The van der Waals surface area contributed by atoms with Crippen LogP contribution in [0, 0.1) is 0 Å². The van der Waals surface area contributed by atoms with Crippen molar-refractivity contribution in [3.05, 3.63) is 53.3 Å². The summed E-state index contributed by atoms with van der Waals surface area (Å²) in [5, 5.41) is 4.59. The zero-order chi connectivity index (χ0) is 14.4. The molecule has 0 aliphatic heterocycles. The summed E-state index contributed by atoms with van der Waals surface area (Å²) in [7, 11) is 0. The number of aryl methyl sites for hydroxylation is 3. The van der Waals surface area contributed by atoms with Gasteiger partial charge in [-0.3, -0.25) is 16.0 Å². The van der Waals surface area contributed by atoms with Gasteiger partial charge < -0.3 is 0 Å². The minimum Gasteiger partial charge on any atom is -0.271 e. The molecule has 108 valence electrons. The van der Waals surface area contributed by atoms with Crippen molar-refractivity contribution in [3.63, 3.8) is 0 Å². The average Bonchev–Trinajstić information content (AvgIpc) is 2.92. The first-order valence-electron chi connectivity index (χ1n) is 7.35. The van der Waals surface area contributed by atoms with Crippen molar-refractivity contribution in [3.8, 4) is 0 Å². The summed E-state index contributed by atoms with van der Waals surface area (Å²) in [6, 6.07) is 12.8. The second-order valence-electron chi connectivity index (χ2n) is 4.97. The summed E-state index contributed by atoms with van der Waals surface area (Å²) >= 11 is 0. The molecule has 2 aromatic rings. The van der Waals surface area contributed by atoms with Crippen LogP contribution >= 0.6 is 0 Å². The molecule has 0 fully saturated rings. The molecule has 0 amide bonds. The number of rotatable bonds is 7. The van der Waals surface area contributed by atoms with E-state index in [2.05, 4.69) is 54.7 Å². The maximum Gasteiger partial charge on any atom is 0.0632 e. The Bertz CT molecular complexity index is 519. The third kappa shape index (κ3) is 3.46. The molecule has 0 aliphatic rings. The zero-order valence-electron chi connectivity index (χ0n) is 12.3. The van der Waals surface area contributed by atoms with Crippen molar-refractivity contribution >= 4 is 0 Å². The van der Waals surface area contributed by atoms with Gasteiger partial charge in [0.15, 0.2) is 0 Å². The lowest BCUT2D eigenvalue weighted by Crippen LogP contribution is -2.30. The first-order chi connectivity index (χ1) is 9.78. The molecule has 4 heteroatoms. The monoisotopic (exact) mass is 272 g/mol. The Morgan fingerprint density at radius 3 is 2.60 bits per heavy atom. The molecule has 0 saturated heterocycles. The van der Waals surface area contributed by atoms with Crippen molar-refractivity contribution in [1.82, 2.24) is 15.2 Å². The van der Waals surface area contributed by atoms with E-state index in [0.29, 0.717) is 0 Å². The van der Waals surface area contributed by atoms with Gasteiger partial charge >= 0.3 is 0 Å². The van der Waals surface area contributed by atoms with E-state index in [1.807, 2.05) is 10.7 Å². The van der Waals surface area contributed by atoms with Crippen molar-refractivity contribution in [2.24, 2.45) is 5.84 Å². The fourth-order valence-corrected chi connectivity index (χ4v) is 2.47. The highest BCUT2D eigenvalue weighted by Gasteiger charge is 2.16. The molecule has 0 bridgehead atoms. The van der Waals surface area contributed by atoms with E-state index in [4.69, 9.17) is 5.84 Å². The highest BCUT2D eigenvalue weighted by molar-refractivity contribution is 5.18. The van der Waals surface area contributed by atoms with E-state index in [-0.39, 0.29) is 6.04 Å². The Morgan fingerprint density at radius 2 is 2.00 bits per heavy atom. The summed E-state index contributed by atoms with van der Waals surface area (Å²) in [6.45, 7) is 5.11. The standard InChI is InChI=1S/C16H24N4/c1-3-14-12-16(20(4-2)19-14)15(18-17)11-10-13-8-6-5-7-9-13/h5-9,12,15,18H,3-4,10-11,17H2,1-2H3. The predicted molar refractivity (Wildman–Crippen MR) is 82.1 cm³/mol. The first kappa shape index (κ1) is 14.8. The summed E-state index contributed by atoms with van der Waals surface area (Å²) in [5.41, 5.74) is 6.59. The fourth-order valence-electron chi connectivity index (χ4n) is 2.47. The second kappa shape index (κ2) is 7.22. The number of aromatic nitrogens is 2. The van der Waals surface area contributed by atoms with Crippen LogP contribution in [0.1, 0.15) is 43.3 Å². The highest BCUT2D eigenvalue weighted by atomic mass is 15.3. The summed E-state index contributed by atoms with van der Waals surface area (Å²) in [6.07, 6.45) is 2.93. The summed E-state index contributed by atoms with van der Waals surface area (Å²) in [4.78, 5) is 0. The molecule has 1 aromatic carbocycles. The molecular weight excluding hydrogens is 248 g/mol. The molecule has 0 spiro atoms.